The van der Waals surface area contributed by atoms with E-state index in [1.807, 2.05) is 0 Å². The van der Waals surface area contributed by atoms with Crippen molar-refractivity contribution in [3.8, 4) is 11.5 Å². The summed E-state index contributed by atoms with van der Waals surface area (Å²) < 4.78 is 0. The van der Waals surface area contributed by atoms with Gasteiger partial charge in [-0.3, -0.25) is 0 Å². The molecule has 0 aliphatic rings. The van der Waals surface area contributed by atoms with E-state index >= 15 is 0 Å². The predicted molar refractivity (Wildman–Crippen MR) is 71.5 cm³/mol. The summed E-state index contributed by atoms with van der Waals surface area (Å²) in [5.41, 5.74) is 0.790. The first kappa shape index (κ1) is 13.9. The fourth-order valence-corrected chi connectivity index (χ4v) is 2.37. The Labute approximate surface area is 104 Å². The second-order valence-corrected chi connectivity index (χ2v) is 5.33. The van der Waals surface area contributed by atoms with Crippen LogP contribution in [0, 0.1) is 5.92 Å². The maximum Gasteiger partial charge on any atom is 0.119 e. The number of benzene rings is 1. The molecule has 2 heteroatoms. The summed E-state index contributed by atoms with van der Waals surface area (Å²) in [5.74, 6) is 1.12. The molecule has 1 aromatic rings. The SMILES string of the molecule is CCC(C)CC(C)(CC)c1cc(O)ccc1O. The van der Waals surface area contributed by atoms with E-state index in [0.29, 0.717) is 5.92 Å². The summed E-state index contributed by atoms with van der Waals surface area (Å²) >= 11 is 0. The maximum atomic E-state index is 9.98. The topological polar surface area (TPSA) is 40.5 Å². The van der Waals surface area contributed by atoms with Crippen molar-refractivity contribution in [2.45, 2.75) is 52.4 Å². The fraction of sp³-hybridized carbons (Fsp3) is 0.600. The minimum absolute atomic E-state index is 0.0712. The molecule has 0 fully saturated rings. The average molecular weight is 236 g/mol. The van der Waals surface area contributed by atoms with Crippen molar-refractivity contribution in [3.63, 3.8) is 0 Å². The van der Waals surface area contributed by atoms with E-state index < -0.39 is 0 Å². The molecule has 2 nitrogen and oxygen atoms in total. The summed E-state index contributed by atoms with van der Waals surface area (Å²) in [7, 11) is 0. The zero-order valence-corrected chi connectivity index (χ0v) is 11.3. The molecule has 96 valence electrons. The Balaban J connectivity index is 3.10. The van der Waals surface area contributed by atoms with Gasteiger partial charge in [0.25, 0.3) is 0 Å². The van der Waals surface area contributed by atoms with Crippen LogP contribution in [0.15, 0.2) is 18.2 Å². The quantitative estimate of drug-likeness (QED) is 0.752. The summed E-state index contributed by atoms with van der Waals surface area (Å²) in [6.07, 6.45) is 3.11. The molecule has 0 heterocycles. The molecule has 0 saturated carbocycles. The lowest BCUT2D eigenvalue weighted by Gasteiger charge is -2.32. The monoisotopic (exact) mass is 236 g/mol. The molecule has 0 spiro atoms. The van der Waals surface area contributed by atoms with Gasteiger partial charge < -0.3 is 10.2 Å². The van der Waals surface area contributed by atoms with E-state index in [1.54, 1.807) is 12.1 Å². The normalized spacial score (nSPS) is 16.5. The first-order valence-corrected chi connectivity index (χ1v) is 6.45. The number of phenols is 2. The summed E-state index contributed by atoms with van der Waals surface area (Å²) in [6, 6.07) is 4.80. The minimum Gasteiger partial charge on any atom is -0.508 e. The lowest BCUT2D eigenvalue weighted by molar-refractivity contribution is 0.322. The van der Waals surface area contributed by atoms with Crippen LogP contribution < -0.4 is 0 Å². The van der Waals surface area contributed by atoms with Crippen molar-refractivity contribution in [2.24, 2.45) is 5.92 Å². The molecule has 0 saturated heterocycles. The van der Waals surface area contributed by atoms with Crippen LogP contribution in [0.3, 0.4) is 0 Å². The Bertz CT molecular complexity index is 373. The van der Waals surface area contributed by atoms with Crippen LogP contribution >= 0.6 is 0 Å². The molecular weight excluding hydrogens is 212 g/mol. The molecular formula is C15H24O2. The van der Waals surface area contributed by atoms with Gasteiger partial charge >= 0.3 is 0 Å². The average Bonchev–Trinajstić information content (AvgIpc) is 2.31. The minimum atomic E-state index is -0.0712. The third kappa shape index (κ3) is 3.15. The Morgan fingerprint density at radius 1 is 1.24 bits per heavy atom. The number of hydrogen-bond acceptors (Lipinski definition) is 2. The van der Waals surface area contributed by atoms with Crippen molar-refractivity contribution in [1.29, 1.82) is 0 Å². The zero-order valence-electron chi connectivity index (χ0n) is 11.3. The van der Waals surface area contributed by atoms with E-state index in [0.717, 1.165) is 24.8 Å². The van der Waals surface area contributed by atoms with E-state index in [1.165, 1.54) is 6.07 Å². The van der Waals surface area contributed by atoms with Gasteiger partial charge in [0.15, 0.2) is 0 Å². The van der Waals surface area contributed by atoms with Crippen LogP contribution in [0.4, 0.5) is 0 Å². The van der Waals surface area contributed by atoms with Gasteiger partial charge in [0.05, 0.1) is 0 Å². The summed E-state index contributed by atoms with van der Waals surface area (Å²) in [5, 5.41) is 19.6. The van der Waals surface area contributed by atoms with E-state index in [-0.39, 0.29) is 16.9 Å². The van der Waals surface area contributed by atoms with Gasteiger partial charge in [-0.2, -0.15) is 0 Å². The molecule has 0 amide bonds. The molecule has 0 radical (unpaired) electrons. The van der Waals surface area contributed by atoms with Crippen molar-refractivity contribution in [3.05, 3.63) is 23.8 Å². The molecule has 2 atom stereocenters. The second-order valence-electron chi connectivity index (χ2n) is 5.33. The second kappa shape index (κ2) is 5.44. The van der Waals surface area contributed by atoms with E-state index in [2.05, 4.69) is 27.7 Å². The molecule has 17 heavy (non-hydrogen) atoms. The van der Waals surface area contributed by atoms with Crippen molar-refractivity contribution in [1.82, 2.24) is 0 Å². The first-order chi connectivity index (χ1) is 7.92. The van der Waals surface area contributed by atoms with Crippen LogP contribution in [0.2, 0.25) is 0 Å². The summed E-state index contributed by atoms with van der Waals surface area (Å²) in [6.45, 7) is 8.70. The third-order valence-electron chi connectivity index (χ3n) is 3.91. The highest BCUT2D eigenvalue weighted by atomic mass is 16.3. The van der Waals surface area contributed by atoms with Gasteiger partial charge in [-0.15, -0.1) is 0 Å². The van der Waals surface area contributed by atoms with Gasteiger partial charge in [-0.25, -0.2) is 0 Å². The van der Waals surface area contributed by atoms with Crippen LogP contribution in [0.25, 0.3) is 0 Å². The number of rotatable bonds is 5. The van der Waals surface area contributed by atoms with Crippen LogP contribution in [0.5, 0.6) is 11.5 Å². The highest BCUT2D eigenvalue weighted by Crippen LogP contribution is 2.40. The Morgan fingerprint density at radius 3 is 2.41 bits per heavy atom. The number of phenolic OH excluding ortho intramolecular Hbond substituents is 2. The van der Waals surface area contributed by atoms with E-state index in [4.69, 9.17) is 0 Å². The summed E-state index contributed by atoms with van der Waals surface area (Å²) in [4.78, 5) is 0. The molecule has 0 aliphatic heterocycles. The Kier molecular flexibility index (Phi) is 4.44. The number of aromatic hydroxyl groups is 2. The fourth-order valence-electron chi connectivity index (χ4n) is 2.37. The molecule has 2 N–H and O–H groups in total. The standard InChI is InChI=1S/C15H24O2/c1-5-11(3)10-15(4,6-2)13-9-12(16)7-8-14(13)17/h7-9,11,16-17H,5-6,10H2,1-4H3. The molecule has 2 unspecified atom stereocenters. The molecule has 1 aromatic carbocycles. The zero-order chi connectivity index (χ0) is 13.1. The van der Waals surface area contributed by atoms with Gasteiger partial charge in [0, 0.05) is 5.56 Å². The lowest BCUT2D eigenvalue weighted by atomic mass is 9.73. The number of hydrogen-bond donors (Lipinski definition) is 2. The van der Waals surface area contributed by atoms with Crippen molar-refractivity contribution >= 4 is 0 Å². The molecule has 0 aliphatic carbocycles. The Morgan fingerprint density at radius 2 is 1.88 bits per heavy atom. The molecule has 0 bridgehead atoms. The Hall–Kier alpha value is -1.18. The maximum absolute atomic E-state index is 9.98. The first-order valence-electron chi connectivity index (χ1n) is 6.45. The highest BCUT2D eigenvalue weighted by Gasteiger charge is 2.29. The van der Waals surface area contributed by atoms with Crippen LogP contribution in [-0.2, 0) is 5.41 Å². The molecule has 0 aromatic heterocycles. The van der Waals surface area contributed by atoms with Gasteiger partial charge in [-0.05, 0) is 42.4 Å². The van der Waals surface area contributed by atoms with Crippen LogP contribution in [-0.4, -0.2) is 10.2 Å². The van der Waals surface area contributed by atoms with Crippen molar-refractivity contribution < 1.29 is 10.2 Å². The third-order valence-corrected chi connectivity index (χ3v) is 3.91. The van der Waals surface area contributed by atoms with Crippen molar-refractivity contribution in [2.75, 3.05) is 0 Å². The van der Waals surface area contributed by atoms with Gasteiger partial charge in [0.2, 0.25) is 0 Å². The largest absolute Gasteiger partial charge is 0.508 e. The lowest BCUT2D eigenvalue weighted by Crippen LogP contribution is -2.24. The van der Waals surface area contributed by atoms with E-state index in [9.17, 15) is 10.2 Å². The van der Waals surface area contributed by atoms with Gasteiger partial charge in [-0.1, -0.05) is 34.1 Å². The highest BCUT2D eigenvalue weighted by molar-refractivity contribution is 5.43. The smallest absolute Gasteiger partial charge is 0.119 e. The van der Waals surface area contributed by atoms with Gasteiger partial charge in [0.1, 0.15) is 11.5 Å². The van der Waals surface area contributed by atoms with Crippen LogP contribution in [0.1, 0.15) is 52.5 Å². The predicted octanol–water partition coefficient (Wildman–Crippen LogP) is 4.20. The molecule has 1 rings (SSSR count).